The lowest BCUT2D eigenvalue weighted by molar-refractivity contribution is 1.18. The van der Waals surface area contributed by atoms with Crippen molar-refractivity contribution in [2.24, 2.45) is 0 Å². The zero-order valence-electron chi connectivity index (χ0n) is 4.94. The van der Waals surface area contributed by atoms with Crippen molar-refractivity contribution in [3.63, 3.8) is 0 Å². The highest BCUT2D eigenvalue weighted by atomic mass is 32.1. The molecule has 0 nitrogen and oxygen atoms in total. The van der Waals surface area contributed by atoms with Gasteiger partial charge in [-0.2, -0.15) is 12.6 Å². The van der Waals surface area contributed by atoms with Gasteiger partial charge in [0.25, 0.3) is 0 Å². The Morgan fingerprint density at radius 3 is 2.43 bits per heavy atom. The van der Waals surface area contributed by atoms with Crippen molar-refractivity contribution < 1.29 is 0 Å². The topological polar surface area (TPSA) is 0 Å². The van der Waals surface area contributed by atoms with E-state index in [1.54, 1.807) is 0 Å². The quantitative estimate of drug-likeness (QED) is 0.415. The second kappa shape index (κ2) is 4.25. The van der Waals surface area contributed by atoms with Crippen LogP contribution in [-0.4, -0.2) is 5.75 Å². The first-order chi connectivity index (χ1) is 3.31. The molecule has 0 N–H and O–H groups in total. The normalized spacial score (nSPS) is 12.1. The molecule has 0 rings (SSSR count). The molecule has 0 aromatic heterocycles. The third kappa shape index (κ3) is 3.93. The summed E-state index contributed by atoms with van der Waals surface area (Å²) in [7, 11) is 0. The smallest absolute Gasteiger partial charge is 0.0110 e. The molecule has 0 aliphatic heterocycles. The summed E-state index contributed by atoms with van der Waals surface area (Å²) >= 11 is 4.08. The van der Waals surface area contributed by atoms with Gasteiger partial charge in [0.15, 0.2) is 0 Å². The van der Waals surface area contributed by atoms with Crippen LogP contribution in [0.3, 0.4) is 0 Å². The van der Waals surface area contributed by atoms with Crippen molar-refractivity contribution in [3.8, 4) is 0 Å². The standard InChI is InChI=1S/C6H12S/c1-3-4-6(2)5-7/h4,7H,3,5H2,1-2H3/b6-4+. The fraction of sp³-hybridized carbons (Fsp3) is 0.667. The van der Waals surface area contributed by atoms with Gasteiger partial charge in [-0.3, -0.25) is 0 Å². The Labute approximate surface area is 51.0 Å². The van der Waals surface area contributed by atoms with Gasteiger partial charge in [0.2, 0.25) is 0 Å². The van der Waals surface area contributed by atoms with E-state index in [-0.39, 0.29) is 0 Å². The molecule has 0 spiro atoms. The van der Waals surface area contributed by atoms with E-state index in [9.17, 15) is 0 Å². The lowest BCUT2D eigenvalue weighted by Gasteiger charge is -1.88. The van der Waals surface area contributed by atoms with Crippen LogP contribution in [-0.2, 0) is 0 Å². The lowest BCUT2D eigenvalue weighted by atomic mass is 10.3. The monoisotopic (exact) mass is 116 g/mol. The van der Waals surface area contributed by atoms with Crippen molar-refractivity contribution in [1.82, 2.24) is 0 Å². The first kappa shape index (κ1) is 7.09. The van der Waals surface area contributed by atoms with Crippen molar-refractivity contribution in [2.45, 2.75) is 20.3 Å². The van der Waals surface area contributed by atoms with E-state index in [2.05, 4.69) is 32.6 Å². The predicted molar refractivity (Wildman–Crippen MR) is 37.9 cm³/mol. The Bertz CT molecular complexity index is 64.6. The highest BCUT2D eigenvalue weighted by molar-refractivity contribution is 7.80. The highest BCUT2D eigenvalue weighted by Crippen LogP contribution is 1.95. The molecule has 0 amide bonds. The predicted octanol–water partition coefficient (Wildman–Crippen LogP) is 2.27. The minimum Gasteiger partial charge on any atom is -0.175 e. The van der Waals surface area contributed by atoms with Crippen LogP contribution in [0.4, 0.5) is 0 Å². The van der Waals surface area contributed by atoms with E-state index in [1.807, 2.05) is 0 Å². The molecule has 7 heavy (non-hydrogen) atoms. The largest absolute Gasteiger partial charge is 0.175 e. The summed E-state index contributed by atoms with van der Waals surface area (Å²) in [6, 6.07) is 0. The van der Waals surface area contributed by atoms with Gasteiger partial charge in [0.05, 0.1) is 0 Å². The average Bonchev–Trinajstić information content (AvgIpc) is 1.68. The van der Waals surface area contributed by atoms with Crippen LogP contribution in [0.15, 0.2) is 11.6 Å². The maximum atomic E-state index is 4.08. The third-order valence-electron chi connectivity index (χ3n) is 0.802. The Morgan fingerprint density at radius 1 is 1.71 bits per heavy atom. The van der Waals surface area contributed by atoms with Gasteiger partial charge in [-0.1, -0.05) is 18.6 Å². The molecule has 0 saturated heterocycles. The van der Waals surface area contributed by atoms with Crippen LogP contribution in [0, 0.1) is 0 Å². The van der Waals surface area contributed by atoms with Gasteiger partial charge in [0, 0.05) is 5.75 Å². The summed E-state index contributed by atoms with van der Waals surface area (Å²) in [4.78, 5) is 0. The van der Waals surface area contributed by atoms with E-state index in [0.717, 1.165) is 12.2 Å². The summed E-state index contributed by atoms with van der Waals surface area (Å²) in [5, 5.41) is 0. The summed E-state index contributed by atoms with van der Waals surface area (Å²) in [6.45, 7) is 4.23. The lowest BCUT2D eigenvalue weighted by Crippen LogP contribution is -1.73. The second-order valence-electron chi connectivity index (χ2n) is 1.62. The van der Waals surface area contributed by atoms with E-state index in [4.69, 9.17) is 0 Å². The number of allylic oxidation sites excluding steroid dienone is 1. The summed E-state index contributed by atoms with van der Waals surface area (Å²) in [5.74, 6) is 0.897. The molecule has 0 heterocycles. The molecule has 0 saturated carbocycles. The second-order valence-corrected chi connectivity index (χ2v) is 1.93. The third-order valence-corrected chi connectivity index (χ3v) is 1.30. The molecule has 1 heteroatoms. The Balaban J connectivity index is 3.29. The van der Waals surface area contributed by atoms with Crippen LogP contribution >= 0.6 is 12.6 Å². The molecular formula is C6H12S. The molecule has 0 atom stereocenters. The molecule has 0 unspecified atom stereocenters. The van der Waals surface area contributed by atoms with Crippen LogP contribution in [0.5, 0.6) is 0 Å². The van der Waals surface area contributed by atoms with Crippen LogP contribution in [0.25, 0.3) is 0 Å². The number of hydrogen-bond donors (Lipinski definition) is 1. The Morgan fingerprint density at radius 2 is 2.29 bits per heavy atom. The molecule has 0 fully saturated rings. The fourth-order valence-corrected chi connectivity index (χ4v) is 0.542. The molecule has 42 valence electrons. The van der Waals surface area contributed by atoms with E-state index >= 15 is 0 Å². The molecule has 0 aromatic carbocycles. The Hall–Kier alpha value is 0.0900. The van der Waals surface area contributed by atoms with Gasteiger partial charge < -0.3 is 0 Å². The number of hydrogen-bond acceptors (Lipinski definition) is 1. The summed E-state index contributed by atoms with van der Waals surface area (Å²) in [5.41, 5.74) is 1.37. The van der Waals surface area contributed by atoms with Crippen molar-refractivity contribution in [2.75, 3.05) is 5.75 Å². The fourth-order valence-electron chi connectivity index (χ4n) is 0.413. The van der Waals surface area contributed by atoms with E-state index in [1.165, 1.54) is 5.57 Å². The van der Waals surface area contributed by atoms with Crippen LogP contribution in [0.1, 0.15) is 20.3 Å². The van der Waals surface area contributed by atoms with Crippen LogP contribution < -0.4 is 0 Å². The zero-order chi connectivity index (χ0) is 5.70. The summed E-state index contributed by atoms with van der Waals surface area (Å²) in [6.07, 6.45) is 3.32. The van der Waals surface area contributed by atoms with Crippen molar-refractivity contribution in [3.05, 3.63) is 11.6 Å². The first-order valence-electron chi connectivity index (χ1n) is 2.57. The van der Waals surface area contributed by atoms with Gasteiger partial charge >= 0.3 is 0 Å². The minimum absolute atomic E-state index is 0.897. The zero-order valence-corrected chi connectivity index (χ0v) is 5.83. The van der Waals surface area contributed by atoms with Crippen molar-refractivity contribution >= 4 is 12.6 Å². The first-order valence-corrected chi connectivity index (χ1v) is 3.21. The molecule has 0 bridgehead atoms. The highest BCUT2D eigenvalue weighted by Gasteiger charge is 1.77. The maximum absolute atomic E-state index is 4.08. The number of rotatable bonds is 2. The van der Waals surface area contributed by atoms with Crippen molar-refractivity contribution in [1.29, 1.82) is 0 Å². The molecule has 0 aromatic rings. The summed E-state index contributed by atoms with van der Waals surface area (Å²) < 4.78 is 0. The van der Waals surface area contributed by atoms with E-state index < -0.39 is 0 Å². The average molecular weight is 116 g/mol. The maximum Gasteiger partial charge on any atom is 0.0110 e. The molecule has 0 aliphatic carbocycles. The minimum atomic E-state index is 0.897. The molecule has 0 aliphatic rings. The number of thiol groups is 1. The molecule has 0 radical (unpaired) electrons. The van der Waals surface area contributed by atoms with Gasteiger partial charge in [-0.25, -0.2) is 0 Å². The van der Waals surface area contributed by atoms with Gasteiger partial charge in [-0.15, -0.1) is 0 Å². The van der Waals surface area contributed by atoms with Gasteiger partial charge in [-0.05, 0) is 13.3 Å². The molecular weight excluding hydrogens is 104 g/mol. The van der Waals surface area contributed by atoms with Crippen LogP contribution in [0.2, 0.25) is 0 Å². The van der Waals surface area contributed by atoms with E-state index in [0.29, 0.717) is 0 Å². The SMILES string of the molecule is CC/C=C(\C)CS. The van der Waals surface area contributed by atoms with Gasteiger partial charge in [0.1, 0.15) is 0 Å². The Kier molecular flexibility index (Phi) is 4.31.